The topological polar surface area (TPSA) is 40.5 Å². The van der Waals surface area contributed by atoms with E-state index in [0.29, 0.717) is 12.6 Å². The summed E-state index contributed by atoms with van der Waals surface area (Å²) in [6, 6.07) is 11.0. The van der Waals surface area contributed by atoms with Gasteiger partial charge in [-0.15, -0.1) is 0 Å². The Kier molecular flexibility index (Phi) is 5.40. The predicted molar refractivity (Wildman–Crippen MR) is 85.4 cm³/mol. The van der Waals surface area contributed by atoms with Crippen LogP contribution in [0.15, 0.2) is 30.3 Å². The maximum Gasteiger partial charge on any atom is 0.310 e. The first-order valence-corrected chi connectivity index (χ1v) is 8.09. The summed E-state index contributed by atoms with van der Waals surface area (Å²) >= 11 is 0. The normalized spacial score (nSPS) is 24.1. The van der Waals surface area contributed by atoms with Gasteiger partial charge >= 0.3 is 5.97 Å². The van der Waals surface area contributed by atoms with Gasteiger partial charge < -0.3 is 5.11 Å². The summed E-state index contributed by atoms with van der Waals surface area (Å²) in [5.41, 5.74) is 0.858. The van der Waals surface area contributed by atoms with Gasteiger partial charge in [0.15, 0.2) is 0 Å². The monoisotopic (exact) mass is 289 g/mol. The molecule has 1 N–H and O–H groups in total. The fourth-order valence-electron chi connectivity index (χ4n) is 3.45. The molecule has 1 saturated heterocycles. The molecule has 3 nitrogen and oxygen atoms in total. The molecule has 1 heterocycles. The number of aryl methyl sites for hydroxylation is 1. The Balaban J connectivity index is 1.89. The van der Waals surface area contributed by atoms with Gasteiger partial charge in [0, 0.05) is 12.6 Å². The van der Waals surface area contributed by atoms with Gasteiger partial charge in [-0.3, -0.25) is 9.69 Å². The summed E-state index contributed by atoms with van der Waals surface area (Å²) in [5.74, 6) is -0.609. The summed E-state index contributed by atoms with van der Waals surface area (Å²) < 4.78 is 0. The minimum Gasteiger partial charge on any atom is -0.481 e. The minimum atomic E-state index is -0.609. The third-order valence-corrected chi connectivity index (χ3v) is 4.88. The van der Waals surface area contributed by atoms with Gasteiger partial charge in [-0.1, -0.05) is 43.7 Å². The smallest absolute Gasteiger partial charge is 0.310 e. The molecule has 0 saturated carbocycles. The average Bonchev–Trinajstić information content (AvgIpc) is 2.92. The first kappa shape index (κ1) is 16.0. The molecule has 21 heavy (non-hydrogen) atoms. The lowest BCUT2D eigenvalue weighted by molar-refractivity contribution is -0.148. The summed E-state index contributed by atoms with van der Waals surface area (Å²) in [6.45, 7) is 5.94. The van der Waals surface area contributed by atoms with Crippen LogP contribution in [0.3, 0.4) is 0 Å². The summed E-state index contributed by atoms with van der Waals surface area (Å²) in [5, 5.41) is 9.58. The van der Waals surface area contributed by atoms with Crippen LogP contribution in [0.5, 0.6) is 0 Å². The maximum absolute atomic E-state index is 11.6. The van der Waals surface area contributed by atoms with Gasteiger partial charge in [-0.25, -0.2) is 0 Å². The van der Waals surface area contributed by atoms with E-state index in [-0.39, 0.29) is 0 Å². The van der Waals surface area contributed by atoms with Gasteiger partial charge in [0.1, 0.15) is 0 Å². The molecule has 0 aliphatic carbocycles. The fourth-order valence-corrected chi connectivity index (χ4v) is 3.45. The van der Waals surface area contributed by atoms with E-state index in [1.165, 1.54) is 5.56 Å². The highest BCUT2D eigenvalue weighted by molar-refractivity contribution is 5.75. The van der Waals surface area contributed by atoms with E-state index in [9.17, 15) is 9.90 Å². The van der Waals surface area contributed by atoms with Crippen LogP contribution in [0.25, 0.3) is 0 Å². The predicted octanol–water partition coefficient (Wildman–Crippen LogP) is 3.58. The highest BCUT2D eigenvalue weighted by Gasteiger charge is 2.44. The van der Waals surface area contributed by atoms with Crippen LogP contribution in [-0.2, 0) is 11.2 Å². The SMILES string of the molecule is CCCC1(C(=O)O)CCN(C(C)CCc2ccccc2)C1. The van der Waals surface area contributed by atoms with Crippen LogP contribution >= 0.6 is 0 Å². The number of nitrogens with zero attached hydrogens (tertiary/aromatic N) is 1. The Morgan fingerprint density at radius 1 is 1.38 bits per heavy atom. The van der Waals surface area contributed by atoms with Crippen molar-refractivity contribution in [2.75, 3.05) is 13.1 Å². The van der Waals surface area contributed by atoms with Gasteiger partial charge in [0.25, 0.3) is 0 Å². The Labute approximate surface area is 128 Å². The summed E-state index contributed by atoms with van der Waals surface area (Å²) in [7, 11) is 0. The molecule has 0 amide bonds. The molecular formula is C18H27NO2. The van der Waals surface area contributed by atoms with Gasteiger partial charge in [-0.05, 0) is 44.7 Å². The molecule has 2 atom stereocenters. The number of carbonyl (C=O) groups is 1. The quantitative estimate of drug-likeness (QED) is 0.834. The molecule has 116 valence electrons. The second-order valence-electron chi connectivity index (χ2n) is 6.43. The Morgan fingerprint density at radius 3 is 2.71 bits per heavy atom. The van der Waals surface area contributed by atoms with Crippen molar-refractivity contribution in [1.29, 1.82) is 0 Å². The first-order valence-electron chi connectivity index (χ1n) is 8.09. The molecule has 1 aromatic carbocycles. The molecule has 3 heteroatoms. The van der Waals surface area contributed by atoms with E-state index < -0.39 is 11.4 Å². The zero-order chi connectivity index (χ0) is 15.3. The third-order valence-electron chi connectivity index (χ3n) is 4.88. The van der Waals surface area contributed by atoms with Crippen molar-refractivity contribution in [3.05, 3.63) is 35.9 Å². The fraction of sp³-hybridized carbons (Fsp3) is 0.611. The van der Waals surface area contributed by atoms with Crippen LogP contribution in [-0.4, -0.2) is 35.1 Å². The van der Waals surface area contributed by atoms with Crippen LogP contribution in [0.4, 0.5) is 0 Å². The Bertz CT molecular complexity index is 460. The van der Waals surface area contributed by atoms with E-state index >= 15 is 0 Å². The van der Waals surface area contributed by atoms with Crippen LogP contribution in [0.2, 0.25) is 0 Å². The Morgan fingerprint density at radius 2 is 2.10 bits per heavy atom. The summed E-state index contributed by atoms with van der Waals surface area (Å²) in [6.07, 6.45) is 4.69. The number of likely N-dealkylation sites (tertiary alicyclic amines) is 1. The number of benzene rings is 1. The molecule has 2 rings (SSSR count). The van der Waals surface area contributed by atoms with Crippen molar-refractivity contribution in [2.45, 2.75) is 52.0 Å². The zero-order valence-electron chi connectivity index (χ0n) is 13.2. The van der Waals surface area contributed by atoms with Gasteiger partial charge in [0.05, 0.1) is 5.41 Å². The highest BCUT2D eigenvalue weighted by Crippen LogP contribution is 2.36. The highest BCUT2D eigenvalue weighted by atomic mass is 16.4. The van der Waals surface area contributed by atoms with Crippen molar-refractivity contribution < 1.29 is 9.90 Å². The number of rotatable bonds is 7. The van der Waals surface area contributed by atoms with Crippen molar-refractivity contribution in [2.24, 2.45) is 5.41 Å². The summed E-state index contributed by atoms with van der Waals surface area (Å²) in [4.78, 5) is 14.0. The van der Waals surface area contributed by atoms with E-state index in [4.69, 9.17) is 0 Å². The second kappa shape index (κ2) is 7.08. The molecule has 1 aromatic rings. The van der Waals surface area contributed by atoms with Crippen molar-refractivity contribution >= 4 is 5.97 Å². The lowest BCUT2D eigenvalue weighted by atomic mass is 9.82. The molecule has 1 aliphatic rings. The standard InChI is InChI=1S/C18H27NO2/c1-3-11-18(17(20)21)12-13-19(14-18)15(2)9-10-16-7-5-4-6-8-16/h4-8,15H,3,9-14H2,1-2H3,(H,20,21). The van der Waals surface area contributed by atoms with Crippen LogP contribution in [0.1, 0.15) is 45.1 Å². The van der Waals surface area contributed by atoms with E-state index in [1.807, 2.05) is 6.07 Å². The molecule has 0 spiro atoms. The number of aliphatic carboxylic acids is 1. The molecule has 1 fully saturated rings. The van der Waals surface area contributed by atoms with Crippen molar-refractivity contribution in [3.63, 3.8) is 0 Å². The Hall–Kier alpha value is -1.35. The second-order valence-corrected chi connectivity index (χ2v) is 6.43. The zero-order valence-corrected chi connectivity index (χ0v) is 13.2. The number of carboxylic acid groups (broad SMARTS) is 1. The first-order chi connectivity index (χ1) is 10.1. The number of hydrogen-bond acceptors (Lipinski definition) is 2. The molecular weight excluding hydrogens is 262 g/mol. The van der Waals surface area contributed by atoms with Crippen LogP contribution < -0.4 is 0 Å². The molecule has 0 aromatic heterocycles. The van der Waals surface area contributed by atoms with Gasteiger partial charge in [-0.2, -0.15) is 0 Å². The maximum atomic E-state index is 11.6. The third kappa shape index (κ3) is 3.85. The van der Waals surface area contributed by atoms with Crippen molar-refractivity contribution in [3.8, 4) is 0 Å². The lowest BCUT2D eigenvalue weighted by Crippen LogP contribution is -2.38. The van der Waals surface area contributed by atoms with E-state index in [2.05, 4.69) is 43.0 Å². The van der Waals surface area contributed by atoms with E-state index in [0.717, 1.165) is 38.6 Å². The number of hydrogen-bond donors (Lipinski definition) is 1. The minimum absolute atomic E-state index is 0.447. The largest absolute Gasteiger partial charge is 0.481 e. The number of carboxylic acids is 1. The molecule has 1 aliphatic heterocycles. The lowest BCUT2D eigenvalue weighted by Gasteiger charge is -2.28. The molecule has 0 bridgehead atoms. The van der Waals surface area contributed by atoms with Gasteiger partial charge in [0.2, 0.25) is 0 Å². The van der Waals surface area contributed by atoms with Crippen LogP contribution in [0, 0.1) is 5.41 Å². The van der Waals surface area contributed by atoms with Crippen molar-refractivity contribution in [1.82, 2.24) is 4.90 Å². The van der Waals surface area contributed by atoms with E-state index in [1.54, 1.807) is 0 Å². The molecule has 0 radical (unpaired) electrons. The average molecular weight is 289 g/mol. The molecule has 2 unspecified atom stereocenters.